The summed E-state index contributed by atoms with van der Waals surface area (Å²) in [6.07, 6.45) is 2.19. The van der Waals surface area contributed by atoms with E-state index in [-0.39, 0.29) is 5.91 Å². The fraction of sp³-hybridized carbons (Fsp3) is 0.0952. The molecule has 0 spiro atoms. The summed E-state index contributed by atoms with van der Waals surface area (Å²) < 4.78 is 5.64. The van der Waals surface area contributed by atoms with Gasteiger partial charge in [0.25, 0.3) is 0 Å². The molecule has 0 unspecified atom stereocenters. The van der Waals surface area contributed by atoms with Gasteiger partial charge in [-0.15, -0.1) is 5.10 Å². The molecule has 0 saturated carbocycles. The molecule has 0 saturated heterocycles. The van der Waals surface area contributed by atoms with Crippen molar-refractivity contribution in [2.75, 3.05) is 5.32 Å². The zero-order chi connectivity index (χ0) is 18.6. The number of anilines is 1. The van der Waals surface area contributed by atoms with Crippen LogP contribution < -0.4 is 10.1 Å². The summed E-state index contributed by atoms with van der Waals surface area (Å²) in [4.78, 5) is 15.5. The van der Waals surface area contributed by atoms with E-state index in [9.17, 15) is 4.79 Å². The number of rotatable bonds is 5. The van der Waals surface area contributed by atoms with Crippen LogP contribution >= 0.6 is 0 Å². The van der Waals surface area contributed by atoms with E-state index in [2.05, 4.69) is 20.5 Å². The van der Waals surface area contributed by atoms with Crippen LogP contribution in [0.5, 0.6) is 11.6 Å². The largest absolute Gasteiger partial charge is 0.438 e. The number of H-pyrrole nitrogens is 1. The fourth-order valence-electron chi connectivity index (χ4n) is 2.82. The highest BCUT2D eigenvalue weighted by atomic mass is 16.5. The van der Waals surface area contributed by atoms with Crippen molar-refractivity contribution in [3.8, 4) is 11.6 Å². The number of aryl methyl sites for hydroxylation is 1. The number of ether oxygens (including phenoxy) is 1. The summed E-state index contributed by atoms with van der Waals surface area (Å²) in [5.41, 5.74) is 3.54. The van der Waals surface area contributed by atoms with E-state index >= 15 is 0 Å². The predicted molar refractivity (Wildman–Crippen MR) is 104 cm³/mol. The van der Waals surface area contributed by atoms with Crippen LogP contribution in [0.25, 0.3) is 10.9 Å². The van der Waals surface area contributed by atoms with Gasteiger partial charge in [-0.25, -0.2) is 0 Å². The lowest BCUT2D eigenvalue weighted by Gasteiger charge is -2.07. The van der Waals surface area contributed by atoms with E-state index < -0.39 is 0 Å². The first-order valence-corrected chi connectivity index (χ1v) is 8.60. The fourth-order valence-corrected chi connectivity index (χ4v) is 2.82. The lowest BCUT2D eigenvalue weighted by atomic mass is 10.1. The first kappa shape index (κ1) is 16.8. The average Bonchev–Trinajstić information content (AvgIpc) is 3.08. The Hall–Kier alpha value is -3.67. The molecular formula is C21H18N4O2. The molecule has 2 heterocycles. The third-order valence-corrected chi connectivity index (χ3v) is 4.16. The molecule has 2 aromatic carbocycles. The summed E-state index contributed by atoms with van der Waals surface area (Å²) in [7, 11) is 0. The quantitative estimate of drug-likeness (QED) is 0.559. The molecule has 0 radical (unpaired) electrons. The Kier molecular flexibility index (Phi) is 4.53. The van der Waals surface area contributed by atoms with Gasteiger partial charge >= 0.3 is 0 Å². The second-order valence-electron chi connectivity index (χ2n) is 6.22. The van der Waals surface area contributed by atoms with E-state index in [0.29, 0.717) is 23.7 Å². The molecule has 4 aromatic rings. The molecule has 6 nitrogen and oxygen atoms in total. The second-order valence-corrected chi connectivity index (χ2v) is 6.22. The molecule has 6 heteroatoms. The van der Waals surface area contributed by atoms with Gasteiger partial charge < -0.3 is 15.0 Å². The Morgan fingerprint density at radius 2 is 1.85 bits per heavy atom. The molecule has 0 aliphatic rings. The zero-order valence-electron chi connectivity index (χ0n) is 14.8. The van der Waals surface area contributed by atoms with Gasteiger partial charge in [-0.3, -0.25) is 4.79 Å². The normalized spacial score (nSPS) is 10.7. The van der Waals surface area contributed by atoms with Crippen molar-refractivity contribution >= 4 is 22.5 Å². The van der Waals surface area contributed by atoms with Gasteiger partial charge in [0, 0.05) is 28.9 Å². The summed E-state index contributed by atoms with van der Waals surface area (Å²) >= 11 is 0. The number of nitrogens with zero attached hydrogens (tertiary/aromatic N) is 2. The smallest absolute Gasteiger partial charge is 0.238 e. The minimum absolute atomic E-state index is 0.0715. The molecule has 27 heavy (non-hydrogen) atoms. The monoisotopic (exact) mass is 358 g/mol. The molecule has 1 amide bonds. The minimum atomic E-state index is -0.0715. The molecule has 0 bridgehead atoms. The van der Waals surface area contributed by atoms with Crippen molar-refractivity contribution in [2.24, 2.45) is 0 Å². The van der Waals surface area contributed by atoms with Crippen LogP contribution in [0.15, 0.2) is 66.9 Å². The predicted octanol–water partition coefficient (Wildman–Crippen LogP) is 4.24. The number of aromatic amines is 1. The highest BCUT2D eigenvalue weighted by molar-refractivity contribution is 5.95. The Labute approximate surface area is 156 Å². The Bertz CT molecular complexity index is 1070. The Balaban J connectivity index is 1.39. The van der Waals surface area contributed by atoms with Gasteiger partial charge in [-0.05, 0) is 48.9 Å². The highest BCUT2D eigenvalue weighted by Gasteiger charge is 2.09. The van der Waals surface area contributed by atoms with Crippen LogP contribution in [0, 0.1) is 6.92 Å². The third-order valence-electron chi connectivity index (χ3n) is 4.16. The number of carbonyl (C=O) groups excluding carboxylic acids is 1. The van der Waals surface area contributed by atoms with E-state index in [1.54, 1.807) is 30.3 Å². The number of carbonyl (C=O) groups is 1. The molecule has 2 N–H and O–H groups in total. The van der Waals surface area contributed by atoms with Gasteiger partial charge in [-0.2, -0.15) is 5.10 Å². The summed E-state index contributed by atoms with van der Waals surface area (Å²) in [5.74, 6) is 0.984. The summed E-state index contributed by atoms with van der Waals surface area (Å²) in [5, 5.41) is 11.9. The first-order valence-electron chi connectivity index (χ1n) is 8.60. The van der Waals surface area contributed by atoms with Crippen molar-refractivity contribution in [1.29, 1.82) is 0 Å². The Morgan fingerprint density at radius 1 is 1.04 bits per heavy atom. The van der Waals surface area contributed by atoms with Crippen LogP contribution in [0.1, 0.15) is 11.3 Å². The average molecular weight is 358 g/mol. The molecule has 134 valence electrons. The van der Waals surface area contributed by atoms with Crippen LogP contribution in [0.3, 0.4) is 0 Å². The number of aromatic nitrogens is 3. The van der Waals surface area contributed by atoms with Gasteiger partial charge in [0.1, 0.15) is 5.75 Å². The van der Waals surface area contributed by atoms with E-state index in [0.717, 1.165) is 22.2 Å². The maximum atomic E-state index is 12.4. The topological polar surface area (TPSA) is 79.9 Å². The molecule has 0 aliphatic carbocycles. The number of hydrogen-bond acceptors (Lipinski definition) is 4. The van der Waals surface area contributed by atoms with Crippen LogP contribution in [0.2, 0.25) is 0 Å². The van der Waals surface area contributed by atoms with Gasteiger partial charge in [0.2, 0.25) is 11.8 Å². The van der Waals surface area contributed by atoms with E-state index in [4.69, 9.17) is 4.74 Å². The maximum Gasteiger partial charge on any atom is 0.238 e. The molecule has 0 aliphatic heterocycles. The number of benzene rings is 2. The lowest BCUT2D eigenvalue weighted by Crippen LogP contribution is -2.14. The summed E-state index contributed by atoms with van der Waals surface area (Å²) in [6.45, 7) is 1.87. The van der Waals surface area contributed by atoms with Crippen molar-refractivity contribution < 1.29 is 9.53 Å². The number of amides is 1. The first-order chi connectivity index (χ1) is 13.2. The highest BCUT2D eigenvalue weighted by Crippen LogP contribution is 2.22. The third kappa shape index (κ3) is 3.95. The second kappa shape index (κ2) is 7.29. The van der Waals surface area contributed by atoms with Gasteiger partial charge in [0.05, 0.1) is 12.1 Å². The number of nitrogens with one attached hydrogen (secondary N) is 2. The zero-order valence-corrected chi connectivity index (χ0v) is 14.8. The van der Waals surface area contributed by atoms with E-state index in [1.165, 1.54) is 0 Å². The van der Waals surface area contributed by atoms with Crippen LogP contribution in [-0.4, -0.2) is 21.1 Å². The number of fused-ring (bicyclic) bond motifs is 1. The molecule has 0 fully saturated rings. The molecule has 0 atom stereocenters. The van der Waals surface area contributed by atoms with Crippen molar-refractivity contribution in [1.82, 2.24) is 15.2 Å². The number of hydrogen-bond donors (Lipinski definition) is 2. The molecule has 2 aromatic heterocycles. The van der Waals surface area contributed by atoms with Crippen LogP contribution in [0.4, 0.5) is 5.69 Å². The van der Waals surface area contributed by atoms with Gasteiger partial charge in [-0.1, -0.05) is 18.2 Å². The standard InChI is InChI=1S/C21H18N4O2/c1-14-6-11-21(25-24-14)27-17-9-7-16(8-10-17)23-20(26)12-15-13-22-19-5-3-2-4-18(15)19/h2-11,13,22H,12H2,1H3,(H,23,26). The maximum absolute atomic E-state index is 12.4. The van der Waals surface area contributed by atoms with Crippen molar-refractivity contribution in [2.45, 2.75) is 13.3 Å². The van der Waals surface area contributed by atoms with Crippen molar-refractivity contribution in [3.63, 3.8) is 0 Å². The lowest BCUT2D eigenvalue weighted by molar-refractivity contribution is -0.115. The van der Waals surface area contributed by atoms with Crippen molar-refractivity contribution in [3.05, 3.63) is 78.1 Å². The Morgan fingerprint density at radius 3 is 2.63 bits per heavy atom. The molecule has 4 rings (SSSR count). The molecular weight excluding hydrogens is 340 g/mol. The SMILES string of the molecule is Cc1ccc(Oc2ccc(NC(=O)Cc3c[nH]c4ccccc34)cc2)nn1. The minimum Gasteiger partial charge on any atom is -0.438 e. The number of para-hydroxylation sites is 1. The summed E-state index contributed by atoms with van der Waals surface area (Å²) in [6, 6.07) is 18.7. The van der Waals surface area contributed by atoms with E-state index in [1.807, 2.05) is 43.5 Å². The van der Waals surface area contributed by atoms with Crippen LogP contribution in [-0.2, 0) is 11.2 Å². The van der Waals surface area contributed by atoms with Gasteiger partial charge in [0.15, 0.2) is 0 Å².